The molecule has 0 radical (unpaired) electrons. The monoisotopic (exact) mass is 442 g/mol. The maximum atomic E-state index is 12.7. The molecule has 3 amide bonds. The number of anilines is 2. The van der Waals surface area contributed by atoms with E-state index in [1.807, 2.05) is 45.9 Å². The third-order valence-corrected chi connectivity index (χ3v) is 5.10. The number of urea groups is 1. The molecule has 3 rings (SSSR count). The van der Waals surface area contributed by atoms with Crippen LogP contribution in [0, 0.1) is 0 Å². The highest BCUT2D eigenvalue weighted by Gasteiger charge is 2.29. The van der Waals surface area contributed by atoms with E-state index in [1.54, 1.807) is 16.8 Å². The van der Waals surface area contributed by atoms with Gasteiger partial charge in [-0.1, -0.05) is 34.1 Å². The first kappa shape index (κ1) is 23.6. The summed E-state index contributed by atoms with van der Waals surface area (Å²) in [5.41, 5.74) is 1.22. The van der Waals surface area contributed by atoms with Gasteiger partial charge in [0.15, 0.2) is 6.29 Å². The topological polar surface area (TPSA) is 109 Å². The van der Waals surface area contributed by atoms with E-state index < -0.39 is 12.3 Å². The number of unbranched alkanes of at least 4 members (excludes halogenated alkanes) is 1. The first-order valence-electron chi connectivity index (χ1n) is 11.1. The fraction of sp³-hybridized carbons (Fsp3) is 0.522. The summed E-state index contributed by atoms with van der Waals surface area (Å²) in [5.74, 6) is 1.19. The van der Waals surface area contributed by atoms with E-state index >= 15 is 0 Å². The van der Waals surface area contributed by atoms with Crippen molar-refractivity contribution in [1.82, 2.24) is 20.4 Å². The van der Waals surface area contributed by atoms with Crippen LogP contribution in [0.1, 0.15) is 65.9 Å². The molecule has 1 aliphatic rings. The molecule has 2 atom stereocenters. The number of hydrogen-bond acceptors (Lipinski definition) is 5. The van der Waals surface area contributed by atoms with Crippen LogP contribution in [0.2, 0.25) is 0 Å². The van der Waals surface area contributed by atoms with E-state index in [2.05, 4.69) is 33.3 Å². The average molecular weight is 443 g/mol. The van der Waals surface area contributed by atoms with Gasteiger partial charge in [-0.05, 0) is 37.6 Å². The first-order chi connectivity index (χ1) is 15.2. The molecule has 32 heavy (non-hydrogen) atoms. The van der Waals surface area contributed by atoms with Crippen molar-refractivity contribution < 1.29 is 14.3 Å². The molecule has 4 N–H and O–H groups in total. The van der Waals surface area contributed by atoms with Crippen LogP contribution < -0.4 is 26.0 Å². The standard InChI is InChI=1S/C23H34N6O3/c1-6-7-12-32-17-10-8-16(9-11-17)25-22(31)26-19-14-18(23(3,4)5)28-29(19)21-24-15(2)13-20(30)27-21/h8-11,14-15,21,24H,6-7,12-13H2,1-5H3,(H,27,30)(H2,25,26,31). The number of hydrogen-bond donors (Lipinski definition) is 4. The van der Waals surface area contributed by atoms with Crippen molar-refractivity contribution in [3.05, 3.63) is 36.0 Å². The molecule has 2 aromatic rings. The van der Waals surface area contributed by atoms with Crippen LogP contribution in [-0.2, 0) is 10.2 Å². The second-order valence-electron chi connectivity index (χ2n) is 9.16. The molecule has 1 fully saturated rings. The molecule has 0 saturated carbocycles. The fourth-order valence-corrected chi connectivity index (χ4v) is 3.29. The number of aromatic nitrogens is 2. The molecule has 1 aromatic heterocycles. The van der Waals surface area contributed by atoms with E-state index in [9.17, 15) is 9.59 Å². The van der Waals surface area contributed by atoms with Crippen molar-refractivity contribution in [2.45, 2.75) is 71.6 Å². The van der Waals surface area contributed by atoms with E-state index in [4.69, 9.17) is 4.74 Å². The zero-order valence-corrected chi connectivity index (χ0v) is 19.5. The number of nitrogens with one attached hydrogen (secondary N) is 4. The Morgan fingerprint density at radius 3 is 2.59 bits per heavy atom. The molecule has 2 unspecified atom stereocenters. The Bertz CT molecular complexity index is 932. The van der Waals surface area contributed by atoms with Crippen molar-refractivity contribution in [1.29, 1.82) is 0 Å². The van der Waals surface area contributed by atoms with Crippen molar-refractivity contribution in [3.8, 4) is 5.75 Å². The van der Waals surface area contributed by atoms with Crippen molar-refractivity contribution >= 4 is 23.4 Å². The van der Waals surface area contributed by atoms with E-state index in [1.165, 1.54) is 0 Å². The zero-order chi connectivity index (χ0) is 23.3. The van der Waals surface area contributed by atoms with Gasteiger partial charge in [0, 0.05) is 29.6 Å². The van der Waals surface area contributed by atoms with Gasteiger partial charge in [-0.2, -0.15) is 5.10 Å². The summed E-state index contributed by atoms with van der Waals surface area (Å²) in [7, 11) is 0. The van der Waals surface area contributed by atoms with Crippen LogP contribution in [0.3, 0.4) is 0 Å². The lowest BCUT2D eigenvalue weighted by Gasteiger charge is -2.30. The molecule has 0 bridgehead atoms. The highest BCUT2D eigenvalue weighted by molar-refractivity contribution is 5.99. The molecular weight excluding hydrogens is 408 g/mol. The normalized spacial score (nSPS) is 18.7. The minimum Gasteiger partial charge on any atom is -0.494 e. The van der Waals surface area contributed by atoms with Gasteiger partial charge in [0.2, 0.25) is 5.91 Å². The lowest BCUT2D eigenvalue weighted by molar-refractivity contribution is -0.125. The van der Waals surface area contributed by atoms with Gasteiger partial charge in [-0.3, -0.25) is 15.4 Å². The average Bonchev–Trinajstić information content (AvgIpc) is 3.13. The predicted molar refractivity (Wildman–Crippen MR) is 125 cm³/mol. The van der Waals surface area contributed by atoms with Gasteiger partial charge in [0.25, 0.3) is 0 Å². The molecule has 9 heteroatoms. The van der Waals surface area contributed by atoms with Crippen molar-refractivity contribution in [3.63, 3.8) is 0 Å². The number of benzene rings is 1. The van der Waals surface area contributed by atoms with Crippen molar-refractivity contribution in [2.75, 3.05) is 17.2 Å². The third kappa shape index (κ3) is 6.23. The largest absolute Gasteiger partial charge is 0.494 e. The van der Waals surface area contributed by atoms with Gasteiger partial charge < -0.3 is 15.4 Å². The first-order valence-corrected chi connectivity index (χ1v) is 11.1. The molecule has 1 aliphatic heterocycles. The predicted octanol–water partition coefficient (Wildman–Crippen LogP) is 3.96. The summed E-state index contributed by atoms with van der Waals surface area (Å²) < 4.78 is 7.27. The molecule has 2 heterocycles. The Labute approximate surface area is 189 Å². The fourth-order valence-electron chi connectivity index (χ4n) is 3.29. The SMILES string of the molecule is CCCCOc1ccc(NC(=O)Nc2cc(C(C)(C)C)nn2C2NC(=O)CC(C)N2)cc1. The molecular formula is C23H34N6O3. The van der Waals surface area contributed by atoms with Gasteiger partial charge in [-0.25, -0.2) is 9.48 Å². The van der Waals surface area contributed by atoms with E-state index in [0.717, 1.165) is 24.3 Å². The van der Waals surface area contributed by atoms with Crippen LogP contribution in [0.4, 0.5) is 16.3 Å². The number of ether oxygens (including phenoxy) is 1. The Morgan fingerprint density at radius 1 is 1.25 bits per heavy atom. The maximum Gasteiger partial charge on any atom is 0.324 e. The summed E-state index contributed by atoms with van der Waals surface area (Å²) in [6.07, 6.45) is 1.93. The number of carbonyl (C=O) groups excluding carboxylic acids is 2. The second-order valence-corrected chi connectivity index (χ2v) is 9.16. The molecule has 0 spiro atoms. The Hall–Kier alpha value is -3.07. The van der Waals surface area contributed by atoms with Crippen LogP contribution in [0.5, 0.6) is 5.75 Å². The van der Waals surface area contributed by atoms with Crippen LogP contribution in [-0.4, -0.2) is 34.4 Å². The van der Waals surface area contributed by atoms with E-state index in [-0.39, 0.29) is 17.4 Å². The lowest BCUT2D eigenvalue weighted by atomic mass is 9.92. The van der Waals surface area contributed by atoms with Gasteiger partial charge in [-0.15, -0.1) is 0 Å². The van der Waals surface area contributed by atoms with Gasteiger partial charge in [0.1, 0.15) is 11.6 Å². The third-order valence-electron chi connectivity index (χ3n) is 5.10. The Balaban J connectivity index is 1.72. The van der Waals surface area contributed by atoms with Crippen LogP contribution in [0.25, 0.3) is 0 Å². The Morgan fingerprint density at radius 2 is 1.97 bits per heavy atom. The summed E-state index contributed by atoms with van der Waals surface area (Å²) in [5, 5.41) is 16.5. The summed E-state index contributed by atoms with van der Waals surface area (Å²) in [6.45, 7) is 10.9. The van der Waals surface area contributed by atoms with E-state index in [0.29, 0.717) is 24.5 Å². The minimum absolute atomic E-state index is 0.00391. The zero-order valence-electron chi connectivity index (χ0n) is 19.5. The van der Waals surface area contributed by atoms with Crippen molar-refractivity contribution in [2.24, 2.45) is 0 Å². The highest BCUT2D eigenvalue weighted by Crippen LogP contribution is 2.26. The molecule has 1 saturated heterocycles. The van der Waals surface area contributed by atoms with Crippen LogP contribution in [0.15, 0.2) is 30.3 Å². The smallest absolute Gasteiger partial charge is 0.324 e. The summed E-state index contributed by atoms with van der Waals surface area (Å²) in [4.78, 5) is 24.7. The number of nitrogens with zero attached hydrogens (tertiary/aromatic N) is 2. The molecule has 0 aliphatic carbocycles. The number of carbonyl (C=O) groups is 2. The molecule has 1 aromatic carbocycles. The molecule has 9 nitrogen and oxygen atoms in total. The van der Waals surface area contributed by atoms with Crippen LogP contribution >= 0.6 is 0 Å². The minimum atomic E-state index is -0.544. The number of rotatable bonds is 7. The highest BCUT2D eigenvalue weighted by atomic mass is 16.5. The quantitative estimate of drug-likeness (QED) is 0.485. The second kappa shape index (κ2) is 10.0. The molecule has 174 valence electrons. The lowest BCUT2D eigenvalue weighted by Crippen LogP contribution is -2.52. The van der Waals surface area contributed by atoms with Gasteiger partial charge in [0.05, 0.1) is 12.3 Å². The Kier molecular flexibility index (Phi) is 7.40. The summed E-state index contributed by atoms with van der Waals surface area (Å²) >= 11 is 0. The summed E-state index contributed by atoms with van der Waals surface area (Å²) in [6, 6.07) is 8.67. The number of amides is 3. The van der Waals surface area contributed by atoms with Gasteiger partial charge >= 0.3 is 6.03 Å². The maximum absolute atomic E-state index is 12.7.